The maximum Gasteiger partial charge on any atom is 0.363 e. The Morgan fingerprint density at radius 2 is 2.28 bits per heavy atom. The second-order valence-electron chi connectivity index (χ2n) is 3.66. The third kappa shape index (κ3) is 2.54. The Labute approximate surface area is 110 Å². The largest absolute Gasteiger partial charge is 0.496 e. The molecule has 0 aliphatic carbocycles. The van der Waals surface area contributed by atoms with Crippen molar-refractivity contribution in [1.82, 2.24) is 0 Å². The number of carbonyl (C=O) groups excluding carboxylic acids is 1. The van der Waals surface area contributed by atoms with E-state index < -0.39 is 5.97 Å². The van der Waals surface area contributed by atoms with Crippen molar-refractivity contribution >= 4 is 29.5 Å². The van der Waals surface area contributed by atoms with Gasteiger partial charge in [0.2, 0.25) is 0 Å². The minimum absolute atomic E-state index is 0.257. The zero-order valence-corrected chi connectivity index (χ0v) is 10.8. The van der Waals surface area contributed by atoms with E-state index in [1.807, 2.05) is 6.92 Å². The van der Waals surface area contributed by atoms with Gasteiger partial charge in [-0.2, -0.15) is 0 Å². The Morgan fingerprint density at radius 1 is 1.50 bits per heavy atom. The van der Waals surface area contributed by atoms with Gasteiger partial charge in [-0.15, -0.1) is 0 Å². The first kappa shape index (κ1) is 12.6. The van der Waals surface area contributed by atoms with Gasteiger partial charge in [0.15, 0.2) is 11.6 Å². The van der Waals surface area contributed by atoms with Crippen molar-refractivity contribution in [2.45, 2.75) is 13.3 Å². The number of esters is 1. The van der Waals surface area contributed by atoms with Crippen LogP contribution in [-0.4, -0.2) is 19.0 Å². The highest BCUT2D eigenvalue weighted by Gasteiger charge is 2.21. The average Bonchev–Trinajstić information content (AvgIpc) is 2.71. The highest BCUT2D eigenvalue weighted by Crippen LogP contribution is 2.26. The van der Waals surface area contributed by atoms with Crippen molar-refractivity contribution in [3.8, 4) is 5.75 Å². The summed E-state index contributed by atoms with van der Waals surface area (Å²) in [7, 11) is 1.55. The summed E-state index contributed by atoms with van der Waals surface area (Å²) in [5.41, 5.74) is 0.950. The molecule has 0 spiro atoms. The topological polar surface area (TPSA) is 47.9 Å². The fraction of sp³-hybridized carbons (Fsp3) is 0.231. The molecule has 0 fully saturated rings. The molecule has 0 amide bonds. The van der Waals surface area contributed by atoms with E-state index in [0.29, 0.717) is 28.7 Å². The van der Waals surface area contributed by atoms with Crippen LogP contribution in [0.2, 0.25) is 5.02 Å². The summed E-state index contributed by atoms with van der Waals surface area (Å²) in [5, 5.41) is 0.564. The van der Waals surface area contributed by atoms with Gasteiger partial charge in [0.25, 0.3) is 0 Å². The number of methoxy groups -OCH3 is 1. The van der Waals surface area contributed by atoms with Crippen molar-refractivity contribution < 1.29 is 14.3 Å². The van der Waals surface area contributed by atoms with Crippen LogP contribution in [0.25, 0.3) is 6.08 Å². The van der Waals surface area contributed by atoms with E-state index >= 15 is 0 Å². The number of aliphatic imine (C=N–C) groups is 1. The molecule has 94 valence electrons. The Morgan fingerprint density at radius 3 is 2.89 bits per heavy atom. The molecule has 0 saturated carbocycles. The van der Waals surface area contributed by atoms with Crippen molar-refractivity contribution in [2.24, 2.45) is 4.99 Å². The molecule has 0 radical (unpaired) electrons. The monoisotopic (exact) mass is 265 g/mol. The minimum atomic E-state index is -0.450. The zero-order valence-electron chi connectivity index (χ0n) is 10.1. The number of hydrogen-bond donors (Lipinski definition) is 0. The van der Waals surface area contributed by atoms with Crippen LogP contribution in [0.5, 0.6) is 5.75 Å². The first-order valence-electron chi connectivity index (χ1n) is 5.49. The molecule has 1 aromatic rings. The lowest BCUT2D eigenvalue weighted by atomic mass is 10.1. The molecule has 2 rings (SSSR count). The maximum absolute atomic E-state index is 11.6. The average molecular weight is 266 g/mol. The summed E-state index contributed by atoms with van der Waals surface area (Å²) in [6.45, 7) is 1.87. The molecule has 0 N–H and O–H groups in total. The lowest BCUT2D eigenvalue weighted by Crippen LogP contribution is -2.02. The SMILES string of the molecule is CCC1=N/C(=C/c2cc(Cl)ccc2OC)C(=O)O1. The van der Waals surface area contributed by atoms with Gasteiger partial charge in [-0.3, -0.25) is 0 Å². The quantitative estimate of drug-likeness (QED) is 0.623. The number of cyclic esters (lactones) is 1. The van der Waals surface area contributed by atoms with E-state index in [1.165, 1.54) is 0 Å². The van der Waals surface area contributed by atoms with Gasteiger partial charge >= 0.3 is 5.97 Å². The van der Waals surface area contributed by atoms with Crippen LogP contribution in [0.3, 0.4) is 0 Å². The standard InChI is InChI=1S/C13H12ClNO3/c1-3-12-15-10(13(16)18-12)7-8-6-9(14)4-5-11(8)17-2/h4-7H,3H2,1-2H3/b10-7+. The number of ether oxygens (including phenoxy) is 2. The summed E-state index contributed by atoms with van der Waals surface area (Å²) in [5.74, 6) is 0.598. The smallest absolute Gasteiger partial charge is 0.363 e. The van der Waals surface area contributed by atoms with Crippen LogP contribution >= 0.6 is 11.6 Å². The molecule has 1 aliphatic rings. The minimum Gasteiger partial charge on any atom is -0.496 e. The van der Waals surface area contributed by atoms with E-state index in [9.17, 15) is 4.79 Å². The molecule has 5 heteroatoms. The third-order valence-electron chi connectivity index (χ3n) is 2.45. The Hall–Kier alpha value is -1.81. The number of carbonyl (C=O) groups is 1. The van der Waals surface area contributed by atoms with E-state index in [-0.39, 0.29) is 5.70 Å². The van der Waals surface area contributed by atoms with Crippen LogP contribution in [0.15, 0.2) is 28.9 Å². The molecule has 1 aromatic carbocycles. The van der Waals surface area contributed by atoms with Crippen LogP contribution in [0.4, 0.5) is 0 Å². The van der Waals surface area contributed by atoms with Gasteiger partial charge < -0.3 is 9.47 Å². The van der Waals surface area contributed by atoms with Crippen LogP contribution in [0.1, 0.15) is 18.9 Å². The number of hydrogen-bond acceptors (Lipinski definition) is 4. The van der Waals surface area contributed by atoms with Crippen LogP contribution in [-0.2, 0) is 9.53 Å². The highest BCUT2D eigenvalue weighted by atomic mass is 35.5. The van der Waals surface area contributed by atoms with Crippen molar-refractivity contribution in [1.29, 1.82) is 0 Å². The summed E-state index contributed by atoms with van der Waals surface area (Å²) >= 11 is 5.91. The summed E-state index contributed by atoms with van der Waals surface area (Å²) in [6, 6.07) is 5.16. The van der Waals surface area contributed by atoms with E-state index in [2.05, 4.69) is 4.99 Å². The van der Waals surface area contributed by atoms with E-state index in [0.717, 1.165) is 0 Å². The lowest BCUT2D eigenvalue weighted by molar-refractivity contribution is -0.130. The molecular weight excluding hydrogens is 254 g/mol. The molecule has 1 aliphatic heterocycles. The molecule has 1 heterocycles. The Balaban J connectivity index is 2.41. The van der Waals surface area contributed by atoms with Gasteiger partial charge in [0.05, 0.1) is 7.11 Å². The van der Waals surface area contributed by atoms with Crippen LogP contribution in [0, 0.1) is 0 Å². The lowest BCUT2D eigenvalue weighted by Gasteiger charge is -2.04. The molecule has 0 aromatic heterocycles. The fourth-order valence-corrected chi connectivity index (χ4v) is 1.75. The van der Waals surface area contributed by atoms with Gasteiger partial charge in [0, 0.05) is 17.0 Å². The van der Waals surface area contributed by atoms with Gasteiger partial charge in [0.1, 0.15) is 5.75 Å². The normalized spacial score (nSPS) is 16.7. The molecule has 18 heavy (non-hydrogen) atoms. The van der Waals surface area contributed by atoms with Crippen LogP contribution < -0.4 is 4.74 Å². The molecule has 0 saturated heterocycles. The number of nitrogens with zero attached hydrogens (tertiary/aromatic N) is 1. The molecule has 0 bridgehead atoms. The van der Waals surface area contributed by atoms with Gasteiger partial charge in [-0.05, 0) is 24.3 Å². The Bertz CT molecular complexity index is 549. The number of benzene rings is 1. The van der Waals surface area contributed by atoms with Gasteiger partial charge in [-0.25, -0.2) is 9.79 Å². The van der Waals surface area contributed by atoms with Crippen molar-refractivity contribution in [3.05, 3.63) is 34.5 Å². The second kappa shape index (κ2) is 5.23. The second-order valence-corrected chi connectivity index (χ2v) is 4.10. The first-order chi connectivity index (χ1) is 8.63. The summed E-state index contributed by atoms with van der Waals surface area (Å²) < 4.78 is 10.2. The summed E-state index contributed by atoms with van der Waals surface area (Å²) in [4.78, 5) is 15.6. The van der Waals surface area contributed by atoms with Crippen molar-refractivity contribution in [3.63, 3.8) is 0 Å². The van der Waals surface area contributed by atoms with Crippen molar-refractivity contribution in [2.75, 3.05) is 7.11 Å². The number of rotatable bonds is 3. The predicted octanol–water partition coefficient (Wildman–Crippen LogP) is 3.05. The molecule has 0 atom stereocenters. The molecular formula is C13H12ClNO3. The Kier molecular flexibility index (Phi) is 3.67. The van der Waals surface area contributed by atoms with E-state index in [1.54, 1.807) is 31.4 Å². The molecule has 4 nitrogen and oxygen atoms in total. The maximum atomic E-state index is 11.6. The predicted molar refractivity (Wildman–Crippen MR) is 69.8 cm³/mol. The van der Waals surface area contributed by atoms with Gasteiger partial charge in [-0.1, -0.05) is 18.5 Å². The summed E-state index contributed by atoms with van der Waals surface area (Å²) in [6.07, 6.45) is 2.19. The molecule has 0 unspecified atom stereocenters. The highest BCUT2D eigenvalue weighted by molar-refractivity contribution is 6.30. The third-order valence-corrected chi connectivity index (χ3v) is 2.69. The number of halogens is 1. The first-order valence-corrected chi connectivity index (χ1v) is 5.86. The van der Waals surface area contributed by atoms with E-state index in [4.69, 9.17) is 21.1 Å². The fourth-order valence-electron chi connectivity index (χ4n) is 1.57. The zero-order chi connectivity index (χ0) is 13.1.